The van der Waals surface area contributed by atoms with E-state index in [0.29, 0.717) is 12.2 Å². The number of nitrogens with zero attached hydrogens (tertiary/aromatic N) is 2. The highest BCUT2D eigenvalue weighted by Crippen LogP contribution is 2.33. The van der Waals surface area contributed by atoms with Crippen LogP contribution < -0.4 is 0 Å². The molecular weight excluding hydrogens is 264 g/mol. The third-order valence-corrected chi connectivity index (χ3v) is 4.40. The van der Waals surface area contributed by atoms with E-state index in [-0.39, 0.29) is 12.0 Å². The zero-order valence-electron chi connectivity index (χ0n) is 12.7. The predicted molar refractivity (Wildman–Crippen MR) is 81.7 cm³/mol. The van der Waals surface area contributed by atoms with Gasteiger partial charge in [-0.05, 0) is 43.5 Å². The highest BCUT2D eigenvalue weighted by atomic mass is 16.5. The third kappa shape index (κ3) is 4.28. The smallest absolute Gasteiger partial charge is 0.0991 e. The van der Waals surface area contributed by atoms with E-state index in [1.807, 2.05) is 24.3 Å². The van der Waals surface area contributed by atoms with Gasteiger partial charge < -0.3 is 9.84 Å². The molecule has 114 valence electrons. The number of hydrogen-bond acceptors (Lipinski definition) is 4. The summed E-state index contributed by atoms with van der Waals surface area (Å²) in [7, 11) is 1.71. The summed E-state index contributed by atoms with van der Waals surface area (Å²) < 4.78 is 5.19. The molecule has 1 atom stereocenters. The van der Waals surface area contributed by atoms with Crippen LogP contribution in [0.15, 0.2) is 24.3 Å². The first-order valence-corrected chi connectivity index (χ1v) is 7.52. The molecule has 2 rings (SSSR count). The highest BCUT2D eigenvalue weighted by molar-refractivity contribution is 5.31. The van der Waals surface area contributed by atoms with Crippen molar-refractivity contribution in [3.63, 3.8) is 0 Å². The first-order valence-electron chi connectivity index (χ1n) is 7.52. The van der Waals surface area contributed by atoms with Gasteiger partial charge in [0.1, 0.15) is 0 Å². The fraction of sp³-hybridized carbons (Fsp3) is 0.588. The molecule has 21 heavy (non-hydrogen) atoms. The second-order valence-electron chi connectivity index (χ2n) is 6.02. The van der Waals surface area contributed by atoms with Gasteiger partial charge in [0.2, 0.25) is 0 Å². The van der Waals surface area contributed by atoms with Crippen LogP contribution in [0.2, 0.25) is 0 Å². The van der Waals surface area contributed by atoms with E-state index in [4.69, 9.17) is 10.00 Å². The lowest BCUT2D eigenvalue weighted by atomic mass is 9.78. The van der Waals surface area contributed by atoms with E-state index in [9.17, 15) is 5.11 Å². The monoisotopic (exact) mass is 288 g/mol. The molecule has 0 bridgehead atoms. The molecular formula is C17H24N2O2. The summed E-state index contributed by atoms with van der Waals surface area (Å²) >= 11 is 0. The van der Waals surface area contributed by atoms with Gasteiger partial charge in [0, 0.05) is 32.2 Å². The molecule has 1 saturated heterocycles. The zero-order valence-corrected chi connectivity index (χ0v) is 12.7. The van der Waals surface area contributed by atoms with Crippen molar-refractivity contribution < 1.29 is 9.84 Å². The average Bonchev–Trinajstić information content (AvgIpc) is 2.54. The number of likely N-dealkylation sites (tertiary alicyclic amines) is 1. The minimum Gasteiger partial charge on any atom is -0.396 e. The number of benzene rings is 1. The lowest BCUT2D eigenvalue weighted by Crippen LogP contribution is -2.45. The number of methoxy groups -OCH3 is 1. The van der Waals surface area contributed by atoms with E-state index in [1.54, 1.807) is 7.11 Å². The molecule has 0 aromatic heterocycles. The minimum atomic E-state index is -0.0269. The number of nitriles is 1. The maximum Gasteiger partial charge on any atom is 0.0991 e. The van der Waals surface area contributed by atoms with Crippen molar-refractivity contribution in [3.8, 4) is 6.07 Å². The summed E-state index contributed by atoms with van der Waals surface area (Å²) in [6.07, 6.45) is 3.08. The van der Waals surface area contributed by atoms with Crippen LogP contribution in [0.4, 0.5) is 0 Å². The van der Waals surface area contributed by atoms with Crippen molar-refractivity contribution in [3.05, 3.63) is 35.4 Å². The quantitative estimate of drug-likeness (QED) is 0.871. The summed E-state index contributed by atoms with van der Waals surface area (Å²) in [4.78, 5) is 2.40. The SMILES string of the molecule is COCC[C@]1(CO)CCCN(Cc2ccc(C#N)cc2)C1. The second-order valence-corrected chi connectivity index (χ2v) is 6.02. The summed E-state index contributed by atoms with van der Waals surface area (Å²) in [5.41, 5.74) is 1.89. The fourth-order valence-corrected chi connectivity index (χ4v) is 3.12. The van der Waals surface area contributed by atoms with Crippen molar-refractivity contribution in [1.82, 2.24) is 4.90 Å². The summed E-state index contributed by atoms with van der Waals surface area (Å²) in [5.74, 6) is 0. The van der Waals surface area contributed by atoms with Crippen LogP contribution >= 0.6 is 0 Å². The number of hydrogen-bond donors (Lipinski definition) is 1. The van der Waals surface area contributed by atoms with E-state index >= 15 is 0 Å². The van der Waals surface area contributed by atoms with Crippen molar-refractivity contribution in [2.24, 2.45) is 5.41 Å². The first-order chi connectivity index (χ1) is 10.2. The van der Waals surface area contributed by atoms with Gasteiger partial charge in [0.05, 0.1) is 18.2 Å². The highest BCUT2D eigenvalue weighted by Gasteiger charge is 2.34. The molecule has 1 fully saturated rings. The molecule has 1 N–H and O–H groups in total. The molecule has 4 nitrogen and oxygen atoms in total. The minimum absolute atomic E-state index is 0.0269. The number of aliphatic hydroxyl groups is 1. The van der Waals surface area contributed by atoms with Gasteiger partial charge in [-0.15, -0.1) is 0 Å². The third-order valence-electron chi connectivity index (χ3n) is 4.40. The van der Waals surface area contributed by atoms with E-state index in [1.165, 1.54) is 5.56 Å². The molecule has 0 unspecified atom stereocenters. The fourth-order valence-electron chi connectivity index (χ4n) is 3.12. The van der Waals surface area contributed by atoms with Gasteiger partial charge in [0.25, 0.3) is 0 Å². The Morgan fingerprint density at radius 1 is 1.38 bits per heavy atom. The molecule has 1 aromatic rings. The maximum absolute atomic E-state index is 9.80. The molecule has 4 heteroatoms. The molecule has 0 amide bonds. The van der Waals surface area contributed by atoms with Gasteiger partial charge in [-0.25, -0.2) is 0 Å². The molecule has 0 saturated carbocycles. The van der Waals surface area contributed by atoms with Crippen molar-refractivity contribution in [2.75, 3.05) is 33.4 Å². The van der Waals surface area contributed by atoms with Crippen LogP contribution in [-0.2, 0) is 11.3 Å². The van der Waals surface area contributed by atoms with Gasteiger partial charge >= 0.3 is 0 Å². The molecule has 1 aliphatic rings. The van der Waals surface area contributed by atoms with Crippen molar-refractivity contribution in [2.45, 2.75) is 25.8 Å². The Hall–Kier alpha value is -1.41. The van der Waals surface area contributed by atoms with E-state index in [0.717, 1.165) is 38.9 Å². The molecule has 0 spiro atoms. The molecule has 1 aromatic carbocycles. The van der Waals surface area contributed by atoms with Gasteiger partial charge in [-0.1, -0.05) is 12.1 Å². The van der Waals surface area contributed by atoms with Crippen LogP contribution in [0.25, 0.3) is 0 Å². The lowest BCUT2D eigenvalue weighted by molar-refractivity contribution is 0.00476. The second kappa shape index (κ2) is 7.56. The van der Waals surface area contributed by atoms with Crippen molar-refractivity contribution >= 4 is 0 Å². The van der Waals surface area contributed by atoms with Crippen LogP contribution in [0.3, 0.4) is 0 Å². The van der Waals surface area contributed by atoms with Crippen LogP contribution in [-0.4, -0.2) is 43.4 Å². The average molecular weight is 288 g/mol. The largest absolute Gasteiger partial charge is 0.396 e. The van der Waals surface area contributed by atoms with Crippen LogP contribution in [0.1, 0.15) is 30.4 Å². The topological polar surface area (TPSA) is 56.5 Å². The number of aliphatic hydroxyl groups excluding tert-OH is 1. The normalized spacial score (nSPS) is 22.9. The Labute approximate surface area is 127 Å². The molecule has 0 aliphatic carbocycles. The number of ether oxygens (including phenoxy) is 1. The molecule has 1 aliphatic heterocycles. The Kier molecular flexibility index (Phi) is 5.75. The number of piperidine rings is 1. The summed E-state index contributed by atoms with van der Waals surface area (Å²) in [6, 6.07) is 9.91. The van der Waals surface area contributed by atoms with Crippen molar-refractivity contribution in [1.29, 1.82) is 5.26 Å². The van der Waals surface area contributed by atoms with Gasteiger partial charge in [-0.2, -0.15) is 5.26 Å². The molecule has 1 heterocycles. The Balaban J connectivity index is 1.98. The summed E-state index contributed by atoms with van der Waals surface area (Å²) in [5, 5.41) is 18.6. The van der Waals surface area contributed by atoms with Gasteiger partial charge in [0.15, 0.2) is 0 Å². The van der Waals surface area contributed by atoms with E-state index < -0.39 is 0 Å². The van der Waals surface area contributed by atoms with Gasteiger partial charge in [-0.3, -0.25) is 4.90 Å². The first kappa shape index (κ1) is 16.0. The van der Waals surface area contributed by atoms with E-state index in [2.05, 4.69) is 11.0 Å². The Bertz CT molecular complexity index is 481. The summed E-state index contributed by atoms with van der Waals surface area (Å²) in [6.45, 7) is 3.77. The predicted octanol–water partition coefficient (Wildman–Crippen LogP) is 2.17. The lowest BCUT2D eigenvalue weighted by Gasteiger charge is -2.42. The standard InChI is InChI=1S/C17H24N2O2/c1-21-10-8-17(14-20)7-2-9-19(13-17)12-16-5-3-15(11-18)4-6-16/h3-6,20H,2,7-10,12-14H2,1H3/t17-/m1/s1. The van der Waals surface area contributed by atoms with Crippen LogP contribution in [0.5, 0.6) is 0 Å². The number of rotatable bonds is 6. The molecule has 0 radical (unpaired) electrons. The van der Waals surface area contributed by atoms with Crippen LogP contribution in [0, 0.1) is 16.7 Å². The Morgan fingerprint density at radius 3 is 2.76 bits per heavy atom. The zero-order chi connectivity index (χ0) is 15.1. The Morgan fingerprint density at radius 2 is 2.14 bits per heavy atom. The maximum atomic E-state index is 9.80.